The highest BCUT2D eigenvalue weighted by molar-refractivity contribution is 5.98. The van der Waals surface area contributed by atoms with Crippen LogP contribution in [0.2, 0.25) is 0 Å². The van der Waals surface area contributed by atoms with Crippen molar-refractivity contribution in [3.8, 4) is 11.1 Å². The third-order valence-electron chi connectivity index (χ3n) is 5.97. The molecule has 1 fully saturated rings. The maximum atomic E-state index is 13.0. The molecule has 4 rings (SSSR count). The number of hydrogen-bond acceptors (Lipinski definition) is 3. The van der Waals surface area contributed by atoms with E-state index in [1.54, 1.807) is 0 Å². The van der Waals surface area contributed by atoms with Crippen LogP contribution in [-0.2, 0) is 4.79 Å². The van der Waals surface area contributed by atoms with Crippen LogP contribution < -0.4 is 10.2 Å². The number of amides is 1. The van der Waals surface area contributed by atoms with Gasteiger partial charge in [-0.3, -0.25) is 9.69 Å². The van der Waals surface area contributed by atoms with E-state index in [0.29, 0.717) is 0 Å². The van der Waals surface area contributed by atoms with Gasteiger partial charge in [0.2, 0.25) is 5.91 Å². The summed E-state index contributed by atoms with van der Waals surface area (Å²) in [5.41, 5.74) is 5.61. The maximum absolute atomic E-state index is 13.0. The summed E-state index contributed by atoms with van der Waals surface area (Å²) < 4.78 is 0. The number of nitrogens with zero attached hydrogens (tertiary/aromatic N) is 2. The fourth-order valence-electron chi connectivity index (χ4n) is 4.13. The number of carbonyl (C=O) groups excluding carboxylic acids is 1. The molecule has 1 aliphatic rings. The second kappa shape index (κ2) is 9.14. The van der Waals surface area contributed by atoms with E-state index in [9.17, 15) is 4.79 Å². The summed E-state index contributed by atoms with van der Waals surface area (Å²) in [5, 5.41) is 3.16. The minimum Gasteiger partial charge on any atom is -0.369 e. The number of hydrogen-bond donors (Lipinski definition) is 1. The Labute approximate surface area is 179 Å². The van der Waals surface area contributed by atoms with Gasteiger partial charge >= 0.3 is 0 Å². The molecule has 0 radical (unpaired) electrons. The number of benzene rings is 3. The predicted molar refractivity (Wildman–Crippen MR) is 125 cm³/mol. The fourth-order valence-corrected chi connectivity index (χ4v) is 4.13. The molecule has 1 saturated heterocycles. The predicted octanol–water partition coefficient (Wildman–Crippen LogP) is 4.81. The Hall–Kier alpha value is -3.11. The van der Waals surface area contributed by atoms with E-state index >= 15 is 0 Å². The molecule has 0 bridgehead atoms. The highest BCUT2D eigenvalue weighted by atomic mass is 16.2. The Morgan fingerprint density at radius 3 is 2.20 bits per heavy atom. The monoisotopic (exact) mass is 399 g/mol. The number of aryl methyl sites for hydroxylation is 1. The summed E-state index contributed by atoms with van der Waals surface area (Å²) in [4.78, 5) is 17.7. The van der Waals surface area contributed by atoms with Crippen molar-refractivity contribution in [1.82, 2.24) is 4.90 Å². The van der Waals surface area contributed by atoms with Crippen molar-refractivity contribution in [2.75, 3.05) is 36.4 Å². The summed E-state index contributed by atoms with van der Waals surface area (Å²) in [5.74, 6) is 0.0442. The van der Waals surface area contributed by atoms with E-state index in [2.05, 4.69) is 64.5 Å². The number of rotatable bonds is 5. The van der Waals surface area contributed by atoms with Crippen LogP contribution in [0.5, 0.6) is 0 Å². The first-order valence-electron chi connectivity index (χ1n) is 10.6. The van der Waals surface area contributed by atoms with Gasteiger partial charge in [0, 0.05) is 43.1 Å². The molecule has 0 aromatic heterocycles. The van der Waals surface area contributed by atoms with E-state index in [-0.39, 0.29) is 11.9 Å². The third-order valence-corrected chi connectivity index (χ3v) is 5.97. The van der Waals surface area contributed by atoms with Crippen LogP contribution in [0.15, 0.2) is 78.9 Å². The van der Waals surface area contributed by atoms with Crippen molar-refractivity contribution in [2.24, 2.45) is 0 Å². The highest BCUT2D eigenvalue weighted by Crippen LogP contribution is 2.28. The zero-order valence-corrected chi connectivity index (χ0v) is 17.7. The molecule has 1 heterocycles. The van der Waals surface area contributed by atoms with Gasteiger partial charge in [-0.15, -0.1) is 0 Å². The van der Waals surface area contributed by atoms with Crippen LogP contribution in [-0.4, -0.2) is 43.0 Å². The van der Waals surface area contributed by atoms with Crippen LogP contribution in [0, 0.1) is 6.92 Å². The van der Waals surface area contributed by atoms with E-state index in [0.717, 1.165) is 43.0 Å². The topological polar surface area (TPSA) is 35.6 Å². The quantitative estimate of drug-likeness (QED) is 0.669. The van der Waals surface area contributed by atoms with Crippen LogP contribution >= 0.6 is 0 Å². The average molecular weight is 400 g/mol. The summed E-state index contributed by atoms with van der Waals surface area (Å²) >= 11 is 0. The molecule has 1 aliphatic heterocycles. The van der Waals surface area contributed by atoms with E-state index in [1.807, 2.05) is 43.3 Å². The van der Waals surface area contributed by atoms with Crippen molar-refractivity contribution in [3.05, 3.63) is 84.4 Å². The van der Waals surface area contributed by atoms with Crippen molar-refractivity contribution < 1.29 is 4.79 Å². The number of para-hydroxylation sites is 2. The minimum atomic E-state index is -0.173. The normalized spacial score (nSPS) is 15.6. The summed E-state index contributed by atoms with van der Waals surface area (Å²) in [6.07, 6.45) is 0. The van der Waals surface area contributed by atoms with E-state index in [4.69, 9.17) is 0 Å². The van der Waals surface area contributed by atoms with Crippen molar-refractivity contribution in [3.63, 3.8) is 0 Å². The van der Waals surface area contributed by atoms with Crippen LogP contribution in [0.1, 0.15) is 12.5 Å². The SMILES string of the molecule is Cc1ccccc1N1CCN([C@H](C)C(=O)Nc2ccccc2-c2ccccc2)CC1. The molecule has 1 N–H and O–H groups in total. The third kappa shape index (κ3) is 4.39. The van der Waals surface area contributed by atoms with E-state index in [1.165, 1.54) is 11.3 Å². The molecule has 0 saturated carbocycles. The van der Waals surface area contributed by atoms with Crippen LogP contribution in [0.3, 0.4) is 0 Å². The molecule has 0 spiro atoms. The first-order chi connectivity index (χ1) is 14.6. The van der Waals surface area contributed by atoms with Gasteiger partial charge in [-0.05, 0) is 37.1 Å². The zero-order chi connectivity index (χ0) is 20.9. The lowest BCUT2D eigenvalue weighted by Gasteiger charge is -2.39. The molecular weight excluding hydrogens is 370 g/mol. The minimum absolute atomic E-state index is 0.0442. The van der Waals surface area contributed by atoms with Crippen LogP contribution in [0.25, 0.3) is 11.1 Å². The number of piperazine rings is 1. The molecular formula is C26H29N3O. The number of carbonyl (C=O) groups is 1. The average Bonchev–Trinajstić information content (AvgIpc) is 2.80. The first kappa shape index (κ1) is 20.2. The molecule has 4 heteroatoms. The molecule has 1 amide bonds. The zero-order valence-electron chi connectivity index (χ0n) is 17.7. The molecule has 0 unspecified atom stereocenters. The molecule has 4 nitrogen and oxygen atoms in total. The Bertz CT molecular complexity index is 994. The van der Waals surface area contributed by atoms with Gasteiger partial charge in [-0.25, -0.2) is 0 Å². The summed E-state index contributed by atoms with van der Waals surface area (Å²) in [6.45, 7) is 7.78. The van der Waals surface area contributed by atoms with Crippen molar-refractivity contribution in [2.45, 2.75) is 19.9 Å². The molecule has 1 atom stereocenters. The maximum Gasteiger partial charge on any atom is 0.241 e. The Morgan fingerprint density at radius 1 is 0.833 bits per heavy atom. The van der Waals surface area contributed by atoms with Crippen molar-refractivity contribution in [1.29, 1.82) is 0 Å². The summed E-state index contributed by atoms with van der Waals surface area (Å²) in [6, 6.07) is 26.5. The molecule has 154 valence electrons. The standard InChI is InChI=1S/C26H29N3O/c1-20-10-6-9-15-25(20)29-18-16-28(17-19-29)21(2)26(30)27-24-14-8-7-13-23(24)22-11-4-3-5-12-22/h3-15,21H,16-19H2,1-2H3,(H,27,30)/t21-/m1/s1. The molecule has 30 heavy (non-hydrogen) atoms. The van der Waals surface area contributed by atoms with Crippen LogP contribution in [0.4, 0.5) is 11.4 Å². The van der Waals surface area contributed by atoms with Gasteiger partial charge in [-0.1, -0.05) is 66.7 Å². The smallest absolute Gasteiger partial charge is 0.241 e. The lowest BCUT2D eigenvalue weighted by atomic mass is 10.0. The second-order valence-electron chi connectivity index (χ2n) is 7.89. The van der Waals surface area contributed by atoms with Gasteiger partial charge in [0.25, 0.3) is 0 Å². The highest BCUT2D eigenvalue weighted by Gasteiger charge is 2.26. The Balaban J connectivity index is 1.40. The Kier molecular flexibility index (Phi) is 6.15. The van der Waals surface area contributed by atoms with Gasteiger partial charge in [0.15, 0.2) is 0 Å². The molecule has 0 aliphatic carbocycles. The number of nitrogens with one attached hydrogen (secondary N) is 1. The lowest BCUT2D eigenvalue weighted by molar-refractivity contribution is -0.120. The lowest BCUT2D eigenvalue weighted by Crippen LogP contribution is -2.53. The first-order valence-corrected chi connectivity index (χ1v) is 10.6. The molecule has 3 aromatic rings. The van der Waals surface area contributed by atoms with Crippen molar-refractivity contribution >= 4 is 17.3 Å². The number of anilines is 2. The van der Waals surface area contributed by atoms with Gasteiger partial charge in [-0.2, -0.15) is 0 Å². The largest absolute Gasteiger partial charge is 0.369 e. The summed E-state index contributed by atoms with van der Waals surface area (Å²) in [7, 11) is 0. The van der Waals surface area contributed by atoms with Gasteiger partial charge < -0.3 is 10.2 Å². The Morgan fingerprint density at radius 2 is 1.47 bits per heavy atom. The van der Waals surface area contributed by atoms with Gasteiger partial charge in [0.05, 0.1) is 6.04 Å². The van der Waals surface area contributed by atoms with Gasteiger partial charge in [0.1, 0.15) is 0 Å². The van der Waals surface area contributed by atoms with E-state index < -0.39 is 0 Å². The fraction of sp³-hybridized carbons (Fsp3) is 0.269. The second-order valence-corrected chi connectivity index (χ2v) is 7.89. The molecule has 3 aromatic carbocycles.